The van der Waals surface area contributed by atoms with Crippen LogP contribution in [-0.4, -0.2) is 4.98 Å². The van der Waals surface area contributed by atoms with Crippen molar-refractivity contribution in [1.29, 1.82) is 0 Å². The van der Waals surface area contributed by atoms with Gasteiger partial charge in [0.1, 0.15) is 10.7 Å². The summed E-state index contributed by atoms with van der Waals surface area (Å²) in [4.78, 5) is 4.57. The zero-order valence-electron chi connectivity index (χ0n) is 13.8. The first-order chi connectivity index (χ1) is 12.8. The van der Waals surface area contributed by atoms with Crippen LogP contribution >= 0.6 is 11.6 Å². The molecule has 0 saturated heterocycles. The molecule has 0 fully saturated rings. The van der Waals surface area contributed by atoms with Crippen LogP contribution in [0.3, 0.4) is 0 Å². The first-order valence-electron chi connectivity index (χ1n) is 8.44. The number of rotatable bonds is 2. The minimum atomic E-state index is 0.446. The van der Waals surface area contributed by atoms with Crippen LogP contribution in [0.4, 0.5) is 0 Å². The third-order valence-electron chi connectivity index (χ3n) is 4.61. The van der Waals surface area contributed by atoms with Crippen molar-refractivity contribution in [3.63, 3.8) is 0 Å². The zero-order valence-corrected chi connectivity index (χ0v) is 14.6. The van der Waals surface area contributed by atoms with E-state index in [1.165, 1.54) is 0 Å². The molecule has 124 valence electrons. The highest BCUT2D eigenvalue weighted by molar-refractivity contribution is 6.34. The Morgan fingerprint density at radius 3 is 1.92 bits per heavy atom. The molecule has 0 saturated carbocycles. The fourth-order valence-corrected chi connectivity index (χ4v) is 3.77. The van der Waals surface area contributed by atoms with Crippen molar-refractivity contribution in [2.45, 2.75) is 0 Å². The summed E-state index contributed by atoms with van der Waals surface area (Å²) in [6.07, 6.45) is 0. The Hall–Kier alpha value is -3.10. The fourth-order valence-electron chi connectivity index (χ4n) is 3.49. The van der Waals surface area contributed by atoms with Crippen molar-refractivity contribution in [3.8, 4) is 22.3 Å². The highest BCUT2D eigenvalue weighted by Crippen LogP contribution is 2.44. The summed E-state index contributed by atoms with van der Waals surface area (Å²) in [6, 6.07) is 28.4. The van der Waals surface area contributed by atoms with Crippen LogP contribution < -0.4 is 0 Å². The fraction of sp³-hybridized carbons (Fsp3) is 0. The topological polar surface area (TPSA) is 26.0 Å². The Labute approximate surface area is 155 Å². The summed E-state index contributed by atoms with van der Waals surface area (Å²) < 4.78 is 5.99. The lowest BCUT2D eigenvalue weighted by Gasteiger charge is -2.13. The van der Waals surface area contributed by atoms with E-state index in [1.54, 1.807) is 0 Å². The zero-order chi connectivity index (χ0) is 17.5. The Morgan fingerprint density at radius 2 is 1.23 bits per heavy atom. The summed E-state index contributed by atoms with van der Waals surface area (Å²) in [5.74, 6) is 0. The number of aromatic nitrogens is 1. The van der Waals surface area contributed by atoms with Gasteiger partial charge in [0, 0.05) is 16.5 Å². The lowest BCUT2D eigenvalue weighted by Crippen LogP contribution is -1.91. The first-order valence-corrected chi connectivity index (χ1v) is 8.82. The van der Waals surface area contributed by atoms with E-state index < -0.39 is 0 Å². The number of halogens is 1. The second-order valence-corrected chi connectivity index (χ2v) is 6.52. The van der Waals surface area contributed by atoms with Gasteiger partial charge >= 0.3 is 0 Å². The van der Waals surface area contributed by atoms with Crippen LogP contribution in [0.25, 0.3) is 44.3 Å². The van der Waals surface area contributed by atoms with Crippen LogP contribution in [0.5, 0.6) is 0 Å². The minimum absolute atomic E-state index is 0.446. The second-order valence-electron chi connectivity index (χ2n) is 6.16. The quantitative estimate of drug-likeness (QED) is 0.319. The molecule has 5 rings (SSSR count). The van der Waals surface area contributed by atoms with Gasteiger partial charge in [-0.05, 0) is 17.2 Å². The predicted molar refractivity (Wildman–Crippen MR) is 107 cm³/mol. The normalized spacial score (nSPS) is 11.3. The van der Waals surface area contributed by atoms with Gasteiger partial charge in [0.15, 0.2) is 0 Å². The van der Waals surface area contributed by atoms with E-state index in [-0.39, 0.29) is 0 Å². The molecule has 0 amide bonds. The number of nitrogens with zero attached hydrogens (tertiary/aromatic N) is 1. The SMILES string of the molecule is Clc1nc2oc3ccccc3c2c(-c2ccccc2)c1-c1ccccc1. The molecule has 2 aromatic heterocycles. The third-order valence-corrected chi connectivity index (χ3v) is 4.88. The van der Waals surface area contributed by atoms with Gasteiger partial charge < -0.3 is 4.42 Å². The molecular formula is C23H14ClNO. The molecule has 26 heavy (non-hydrogen) atoms. The van der Waals surface area contributed by atoms with E-state index in [0.717, 1.165) is 38.6 Å². The lowest BCUT2D eigenvalue weighted by atomic mass is 9.93. The molecule has 2 heterocycles. The van der Waals surface area contributed by atoms with Crippen LogP contribution in [-0.2, 0) is 0 Å². The highest BCUT2D eigenvalue weighted by Gasteiger charge is 2.21. The molecule has 0 aliphatic carbocycles. The van der Waals surface area contributed by atoms with Crippen LogP contribution in [0.15, 0.2) is 89.3 Å². The van der Waals surface area contributed by atoms with Gasteiger partial charge in [-0.3, -0.25) is 0 Å². The van der Waals surface area contributed by atoms with E-state index in [9.17, 15) is 0 Å². The number of furan rings is 1. The van der Waals surface area contributed by atoms with Gasteiger partial charge in [-0.1, -0.05) is 90.5 Å². The Bertz CT molecular complexity index is 1230. The van der Waals surface area contributed by atoms with Crippen LogP contribution in [0, 0.1) is 0 Å². The van der Waals surface area contributed by atoms with Crippen molar-refractivity contribution < 1.29 is 4.42 Å². The van der Waals surface area contributed by atoms with E-state index in [2.05, 4.69) is 35.3 Å². The van der Waals surface area contributed by atoms with Crippen molar-refractivity contribution in [2.24, 2.45) is 0 Å². The summed E-state index contributed by atoms with van der Waals surface area (Å²) in [7, 11) is 0. The molecule has 0 aliphatic rings. The first kappa shape index (κ1) is 15.2. The monoisotopic (exact) mass is 355 g/mol. The molecule has 0 bridgehead atoms. The number of hydrogen-bond acceptors (Lipinski definition) is 2. The number of fused-ring (bicyclic) bond motifs is 3. The molecule has 2 nitrogen and oxygen atoms in total. The van der Waals surface area contributed by atoms with Crippen molar-refractivity contribution in [2.75, 3.05) is 0 Å². The second kappa shape index (κ2) is 6.01. The average molecular weight is 356 g/mol. The largest absolute Gasteiger partial charge is 0.438 e. The number of pyridine rings is 1. The van der Waals surface area contributed by atoms with Gasteiger partial charge in [-0.25, -0.2) is 0 Å². The van der Waals surface area contributed by atoms with Crippen LogP contribution in [0.2, 0.25) is 5.15 Å². The molecule has 0 unspecified atom stereocenters. The van der Waals surface area contributed by atoms with Gasteiger partial charge in [-0.2, -0.15) is 4.98 Å². The third kappa shape index (κ3) is 2.31. The summed E-state index contributed by atoms with van der Waals surface area (Å²) in [6.45, 7) is 0. The average Bonchev–Trinajstić information content (AvgIpc) is 3.06. The molecule has 3 heteroatoms. The molecular weight excluding hydrogens is 342 g/mol. The summed E-state index contributed by atoms with van der Waals surface area (Å²) in [5.41, 5.74) is 5.49. The number of benzene rings is 3. The molecule has 0 spiro atoms. The molecule has 0 N–H and O–H groups in total. The Morgan fingerprint density at radius 1 is 0.654 bits per heavy atom. The lowest BCUT2D eigenvalue weighted by molar-refractivity contribution is 0.654. The van der Waals surface area contributed by atoms with Gasteiger partial charge in [0.05, 0.1) is 5.39 Å². The van der Waals surface area contributed by atoms with E-state index in [0.29, 0.717) is 10.9 Å². The van der Waals surface area contributed by atoms with Gasteiger partial charge in [0.2, 0.25) is 5.71 Å². The molecule has 0 radical (unpaired) electrons. The van der Waals surface area contributed by atoms with Crippen molar-refractivity contribution in [3.05, 3.63) is 90.1 Å². The molecule has 0 atom stereocenters. The van der Waals surface area contributed by atoms with Crippen molar-refractivity contribution >= 4 is 33.7 Å². The maximum absolute atomic E-state index is 6.65. The summed E-state index contributed by atoms with van der Waals surface area (Å²) in [5, 5.41) is 2.49. The molecule has 5 aromatic rings. The minimum Gasteiger partial charge on any atom is -0.438 e. The Balaban J connectivity index is 2.01. The standard InChI is InChI=1S/C23H14ClNO/c24-22-20(16-11-5-2-6-12-16)19(15-9-3-1-4-10-15)21-17-13-7-8-14-18(17)26-23(21)25-22/h1-14H. The number of hydrogen-bond donors (Lipinski definition) is 0. The molecule has 0 aliphatic heterocycles. The smallest absolute Gasteiger partial charge is 0.229 e. The van der Waals surface area contributed by atoms with E-state index >= 15 is 0 Å². The number of para-hydroxylation sites is 1. The van der Waals surface area contributed by atoms with Gasteiger partial charge in [-0.15, -0.1) is 0 Å². The van der Waals surface area contributed by atoms with Crippen molar-refractivity contribution in [1.82, 2.24) is 4.98 Å². The van der Waals surface area contributed by atoms with E-state index in [4.69, 9.17) is 16.0 Å². The molecule has 3 aromatic carbocycles. The van der Waals surface area contributed by atoms with Gasteiger partial charge in [0.25, 0.3) is 0 Å². The predicted octanol–water partition coefficient (Wildman–Crippen LogP) is 6.97. The maximum Gasteiger partial charge on any atom is 0.229 e. The summed E-state index contributed by atoms with van der Waals surface area (Å²) >= 11 is 6.65. The highest BCUT2D eigenvalue weighted by atomic mass is 35.5. The van der Waals surface area contributed by atoms with Crippen LogP contribution in [0.1, 0.15) is 0 Å². The van der Waals surface area contributed by atoms with E-state index in [1.807, 2.05) is 54.6 Å². The Kier molecular flexibility index (Phi) is 3.51. The maximum atomic E-state index is 6.65.